The zero-order valence-corrected chi connectivity index (χ0v) is 16.4. The number of carbonyl (C=O) groups is 1. The summed E-state index contributed by atoms with van der Waals surface area (Å²) in [6, 6.07) is 17.3. The minimum absolute atomic E-state index is 0.0425. The zero-order chi connectivity index (χ0) is 17.8. The number of alkyl halides is 1. The number of hydrogen-bond donors (Lipinski definition) is 0. The number of nitrogens with zero attached hydrogens (tertiary/aromatic N) is 1. The van der Waals surface area contributed by atoms with E-state index in [1.807, 2.05) is 59.7 Å². The lowest BCUT2D eigenvalue weighted by molar-refractivity contribution is 0.0371. The van der Waals surface area contributed by atoms with Gasteiger partial charge in [0, 0.05) is 27.2 Å². The van der Waals surface area contributed by atoms with Crippen molar-refractivity contribution in [1.82, 2.24) is 0 Å². The maximum atomic E-state index is 13.5. The maximum absolute atomic E-state index is 13.5. The fourth-order valence-electron chi connectivity index (χ4n) is 5.07. The number of anilines is 1. The van der Waals surface area contributed by atoms with Crippen molar-refractivity contribution in [3.05, 3.63) is 64.6 Å². The Morgan fingerprint density at radius 1 is 1.08 bits per heavy atom. The largest absolute Gasteiger partial charge is 0.292 e. The van der Waals surface area contributed by atoms with Crippen LogP contribution in [0.3, 0.4) is 0 Å². The minimum atomic E-state index is -0.289. The van der Waals surface area contributed by atoms with Crippen molar-refractivity contribution in [3.63, 3.8) is 0 Å². The van der Waals surface area contributed by atoms with Crippen LogP contribution in [0.25, 0.3) is 0 Å². The normalized spacial score (nSPS) is 34.9. The van der Waals surface area contributed by atoms with E-state index in [4.69, 9.17) is 16.4 Å². The van der Waals surface area contributed by atoms with E-state index in [2.05, 4.69) is 15.9 Å². The first-order valence-corrected chi connectivity index (χ1v) is 10.3. The van der Waals surface area contributed by atoms with Crippen molar-refractivity contribution < 1.29 is 9.63 Å². The summed E-state index contributed by atoms with van der Waals surface area (Å²) in [5, 5.41) is 2.02. The van der Waals surface area contributed by atoms with Gasteiger partial charge in [0.1, 0.15) is 6.04 Å². The second-order valence-corrected chi connectivity index (χ2v) is 9.01. The van der Waals surface area contributed by atoms with Gasteiger partial charge in [-0.2, -0.15) is 0 Å². The third-order valence-corrected chi connectivity index (χ3v) is 7.20. The van der Waals surface area contributed by atoms with Crippen molar-refractivity contribution in [1.29, 1.82) is 0 Å². The molecule has 0 aromatic heterocycles. The van der Waals surface area contributed by atoms with Crippen LogP contribution in [-0.4, -0.2) is 23.3 Å². The van der Waals surface area contributed by atoms with Gasteiger partial charge < -0.3 is 0 Å². The summed E-state index contributed by atoms with van der Waals surface area (Å²) in [4.78, 5) is 19.8. The Kier molecular flexibility index (Phi) is 4.11. The molecule has 6 atom stereocenters. The van der Waals surface area contributed by atoms with Crippen LogP contribution in [0.15, 0.2) is 59.1 Å². The van der Waals surface area contributed by atoms with E-state index in [1.54, 1.807) is 0 Å². The van der Waals surface area contributed by atoms with Gasteiger partial charge >= 0.3 is 0 Å². The van der Waals surface area contributed by atoms with Crippen LogP contribution in [0.5, 0.6) is 0 Å². The van der Waals surface area contributed by atoms with Crippen molar-refractivity contribution in [3.8, 4) is 0 Å². The SMILES string of the molecule is O=C(c1ccc(Br)cc1)[C@@H]1[C@@H]2[C@@H]3C[C@@H]([C@@H]2ON1c1ccccc1)[C@H](Cl)C3. The van der Waals surface area contributed by atoms with Gasteiger partial charge in [-0.25, -0.2) is 5.06 Å². The first-order chi connectivity index (χ1) is 12.6. The summed E-state index contributed by atoms with van der Waals surface area (Å²) in [5.74, 6) is 1.16. The molecule has 0 amide bonds. The average molecular weight is 433 g/mol. The highest BCUT2D eigenvalue weighted by atomic mass is 79.9. The Hall–Kier alpha value is -1.36. The second-order valence-electron chi connectivity index (χ2n) is 7.54. The van der Waals surface area contributed by atoms with Gasteiger partial charge in [-0.1, -0.05) is 46.3 Å². The lowest BCUT2D eigenvalue weighted by atomic mass is 9.79. The second kappa shape index (κ2) is 6.36. The van der Waals surface area contributed by atoms with E-state index < -0.39 is 0 Å². The summed E-state index contributed by atoms with van der Waals surface area (Å²) < 4.78 is 0.972. The number of Topliss-reactive ketones (excluding diaryl/α,β-unsaturated/α-hetero) is 1. The van der Waals surface area contributed by atoms with E-state index in [0.717, 1.165) is 28.6 Å². The number of ketones is 1. The lowest BCUT2D eigenvalue weighted by Gasteiger charge is -2.28. The molecule has 2 aromatic rings. The number of carbonyl (C=O) groups excluding carboxylic acids is 1. The predicted octanol–water partition coefficient (Wildman–Crippen LogP) is 5.08. The van der Waals surface area contributed by atoms with Crippen LogP contribution in [0.4, 0.5) is 5.69 Å². The highest BCUT2D eigenvalue weighted by Gasteiger charge is 2.62. The molecule has 3 fully saturated rings. The van der Waals surface area contributed by atoms with Crippen molar-refractivity contribution in [2.45, 2.75) is 30.4 Å². The Morgan fingerprint density at radius 3 is 2.54 bits per heavy atom. The molecule has 0 N–H and O–H groups in total. The molecule has 5 rings (SSSR count). The molecular weight excluding hydrogens is 414 g/mol. The van der Waals surface area contributed by atoms with Crippen molar-refractivity contribution in [2.75, 3.05) is 5.06 Å². The van der Waals surface area contributed by atoms with E-state index in [1.165, 1.54) is 0 Å². The van der Waals surface area contributed by atoms with Crippen LogP contribution < -0.4 is 5.06 Å². The first kappa shape index (κ1) is 16.8. The zero-order valence-electron chi connectivity index (χ0n) is 14.1. The van der Waals surface area contributed by atoms with E-state index >= 15 is 0 Å². The van der Waals surface area contributed by atoms with Gasteiger partial charge in [0.25, 0.3) is 0 Å². The third kappa shape index (κ3) is 2.54. The van der Waals surface area contributed by atoms with Crippen LogP contribution in [0.1, 0.15) is 23.2 Å². The molecule has 5 heteroatoms. The monoisotopic (exact) mass is 431 g/mol. The summed E-state index contributed by atoms with van der Waals surface area (Å²) >= 11 is 9.99. The molecule has 2 saturated carbocycles. The molecule has 0 radical (unpaired) electrons. The summed E-state index contributed by atoms with van der Waals surface area (Å²) in [7, 11) is 0. The van der Waals surface area contributed by atoms with Gasteiger partial charge in [-0.15, -0.1) is 11.6 Å². The van der Waals surface area contributed by atoms with Gasteiger partial charge in [0.05, 0.1) is 11.8 Å². The number of para-hydroxylation sites is 1. The minimum Gasteiger partial charge on any atom is -0.292 e. The first-order valence-electron chi connectivity index (χ1n) is 9.08. The standard InChI is InChI=1S/C21H19BrClNO2/c22-14-8-6-12(7-9-14)20(25)19-18-13-10-16(17(23)11-13)21(18)26-24(19)15-4-2-1-3-5-15/h1-9,13,16-19,21H,10-11H2/t13-,16-,17-,18+,19+,21+/m1/s1. The maximum Gasteiger partial charge on any atom is 0.188 e. The molecule has 1 saturated heterocycles. The Labute approximate surface area is 166 Å². The van der Waals surface area contributed by atoms with Gasteiger partial charge in [0.15, 0.2) is 5.78 Å². The molecule has 1 aliphatic heterocycles. The number of halogens is 2. The fraction of sp³-hybridized carbons (Fsp3) is 0.381. The molecular formula is C21H19BrClNO2. The summed E-state index contributed by atoms with van der Waals surface area (Å²) in [6.07, 6.45) is 2.11. The highest BCUT2D eigenvalue weighted by molar-refractivity contribution is 9.10. The fourth-order valence-corrected chi connectivity index (χ4v) is 5.81. The predicted molar refractivity (Wildman–Crippen MR) is 105 cm³/mol. The Bertz CT molecular complexity index is 828. The molecule has 2 aromatic carbocycles. The summed E-state index contributed by atoms with van der Waals surface area (Å²) in [6.45, 7) is 0. The quantitative estimate of drug-likeness (QED) is 0.500. The van der Waals surface area contributed by atoms with Gasteiger partial charge in [0.2, 0.25) is 0 Å². The van der Waals surface area contributed by atoms with E-state index in [-0.39, 0.29) is 29.2 Å². The molecule has 134 valence electrons. The van der Waals surface area contributed by atoms with Crippen LogP contribution in [-0.2, 0) is 4.84 Å². The molecule has 2 bridgehead atoms. The molecule has 0 unspecified atom stereocenters. The Balaban J connectivity index is 1.54. The van der Waals surface area contributed by atoms with Gasteiger partial charge in [-0.3, -0.25) is 9.63 Å². The smallest absolute Gasteiger partial charge is 0.188 e. The molecule has 3 aliphatic rings. The van der Waals surface area contributed by atoms with E-state index in [9.17, 15) is 4.79 Å². The molecule has 1 heterocycles. The molecule has 0 spiro atoms. The Morgan fingerprint density at radius 2 is 1.81 bits per heavy atom. The summed E-state index contributed by atoms with van der Waals surface area (Å²) in [5.41, 5.74) is 1.66. The van der Waals surface area contributed by atoms with Crippen molar-refractivity contribution >= 4 is 39.0 Å². The highest BCUT2D eigenvalue weighted by Crippen LogP contribution is 2.57. The van der Waals surface area contributed by atoms with Crippen LogP contribution >= 0.6 is 27.5 Å². The van der Waals surface area contributed by atoms with Gasteiger partial charge in [-0.05, 0) is 43.0 Å². The van der Waals surface area contributed by atoms with Crippen LogP contribution in [0, 0.1) is 17.8 Å². The number of benzene rings is 2. The molecule has 3 nitrogen and oxygen atoms in total. The third-order valence-electron chi connectivity index (χ3n) is 6.17. The number of hydroxylamine groups is 1. The van der Waals surface area contributed by atoms with Crippen molar-refractivity contribution in [2.24, 2.45) is 17.8 Å². The van der Waals surface area contributed by atoms with Crippen LogP contribution in [0.2, 0.25) is 0 Å². The average Bonchev–Trinajstić information content (AvgIpc) is 3.32. The number of hydrogen-bond acceptors (Lipinski definition) is 3. The molecule has 2 aliphatic carbocycles. The number of fused-ring (bicyclic) bond motifs is 5. The van der Waals surface area contributed by atoms with E-state index in [0.29, 0.717) is 11.8 Å². The molecule has 26 heavy (non-hydrogen) atoms. The lowest BCUT2D eigenvalue weighted by Crippen LogP contribution is -2.42. The number of rotatable bonds is 3. The topological polar surface area (TPSA) is 29.5 Å².